The number of aromatic nitrogens is 2. The quantitative estimate of drug-likeness (QED) is 0.647. The Bertz CT molecular complexity index is 655. The Kier molecular flexibility index (Phi) is 4.35. The fourth-order valence-corrected chi connectivity index (χ4v) is 2.13. The molecular weight excluding hydrogens is 250 g/mol. The van der Waals surface area contributed by atoms with Crippen molar-refractivity contribution in [2.75, 3.05) is 6.54 Å². The van der Waals surface area contributed by atoms with E-state index in [-0.39, 0.29) is 5.91 Å². The molecule has 4 heteroatoms. The van der Waals surface area contributed by atoms with Crippen LogP contribution in [0.15, 0.2) is 49.1 Å². The van der Waals surface area contributed by atoms with Gasteiger partial charge in [-0.15, -0.1) is 0 Å². The first-order valence-corrected chi connectivity index (χ1v) is 6.60. The van der Waals surface area contributed by atoms with Gasteiger partial charge in [0.1, 0.15) is 5.82 Å². The van der Waals surface area contributed by atoms with Gasteiger partial charge in [-0.25, -0.2) is 4.98 Å². The summed E-state index contributed by atoms with van der Waals surface area (Å²) in [4.78, 5) is 15.8. The van der Waals surface area contributed by atoms with Crippen molar-refractivity contribution in [2.24, 2.45) is 0 Å². The van der Waals surface area contributed by atoms with Crippen LogP contribution in [0.25, 0.3) is 11.0 Å². The molecule has 0 bridgehead atoms. The Labute approximate surface area is 118 Å². The Morgan fingerprint density at radius 1 is 1.45 bits per heavy atom. The van der Waals surface area contributed by atoms with Crippen LogP contribution in [0.1, 0.15) is 12.7 Å². The summed E-state index contributed by atoms with van der Waals surface area (Å²) in [6.07, 6.45) is 1.96. The molecule has 0 atom stereocenters. The molecule has 1 aromatic heterocycles. The van der Waals surface area contributed by atoms with Crippen molar-refractivity contribution in [3.63, 3.8) is 0 Å². The van der Waals surface area contributed by atoms with Crippen LogP contribution in [0, 0.1) is 0 Å². The SMILES string of the molecule is C=CC(=O)NCCc1nc2ccccc2n1CC(=C)C. The van der Waals surface area contributed by atoms with E-state index in [2.05, 4.69) is 34.1 Å². The minimum Gasteiger partial charge on any atom is -0.352 e. The smallest absolute Gasteiger partial charge is 0.243 e. The molecule has 1 heterocycles. The number of amides is 1. The van der Waals surface area contributed by atoms with Crippen LogP contribution in [0.4, 0.5) is 0 Å². The Hall–Kier alpha value is -2.36. The standard InChI is InChI=1S/C16H19N3O/c1-4-16(20)17-10-9-15-18-13-7-5-6-8-14(13)19(15)11-12(2)3/h4-8H,1-2,9-11H2,3H3,(H,17,20). The third-order valence-electron chi connectivity index (χ3n) is 2.99. The van der Waals surface area contributed by atoms with Crippen LogP contribution >= 0.6 is 0 Å². The zero-order valence-electron chi connectivity index (χ0n) is 11.7. The van der Waals surface area contributed by atoms with E-state index >= 15 is 0 Å². The second-order valence-corrected chi connectivity index (χ2v) is 4.81. The fraction of sp³-hybridized carbons (Fsp3) is 0.250. The summed E-state index contributed by atoms with van der Waals surface area (Å²) in [7, 11) is 0. The van der Waals surface area contributed by atoms with Gasteiger partial charge < -0.3 is 9.88 Å². The highest BCUT2D eigenvalue weighted by molar-refractivity contribution is 5.86. The number of nitrogens with zero attached hydrogens (tertiary/aromatic N) is 2. The maximum Gasteiger partial charge on any atom is 0.243 e. The van der Waals surface area contributed by atoms with Crippen LogP contribution in [0.3, 0.4) is 0 Å². The lowest BCUT2D eigenvalue weighted by Crippen LogP contribution is -2.24. The molecule has 4 nitrogen and oxygen atoms in total. The number of hydrogen-bond donors (Lipinski definition) is 1. The lowest BCUT2D eigenvalue weighted by molar-refractivity contribution is -0.116. The van der Waals surface area contributed by atoms with Gasteiger partial charge in [0.2, 0.25) is 5.91 Å². The summed E-state index contributed by atoms with van der Waals surface area (Å²) in [6.45, 7) is 10.7. The number of para-hydroxylation sites is 2. The third kappa shape index (κ3) is 3.15. The van der Waals surface area contributed by atoms with Crippen LogP contribution in [-0.2, 0) is 17.8 Å². The molecule has 2 rings (SSSR count). The van der Waals surface area contributed by atoms with Crippen molar-refractivity contribution in [1.29, 1.82) is 0 Å². The summed E-state index contributed by atoms with van der Waals surface area (Å²) in [6, 6.07) is 8.03. The molecule has 104 valence electrons. The first-order chi connectivity index (χ1) is 9.61. The number of fused-ring (bicyclic) bond motifs is 1. The number of imidazole rings is 1. The maximum atomic E-state index is 11.2. The van der Waals surface area contributed by atoms with Gasteiger partial charge in [-0.2, -0.15) is 0 Å². The second kappa shape index (κ2) is 6.19. The fourth-order valence-electron chi connectivity index (χ4n) is 2.13. The number of carbonyl (C=O) groups excluding carboxylic acids is 1. The predicted octanol–water partition coefficient (Wildman–Crippen LogP) is 2.46. The van der Waals surface area contributed by atoms with Crippen molar-refractivity contribution in [3.05, 3.63) is 54.9 Å². The summed E-state index contributed by atoms with van der Waals surface area (Å²) in [5, 5.41) is 2.77. The van der Waals surface area contributed by atoms with Gasteiger partial charge in [0.25, 0.3) is 0 Å². The number of rotatable bonds is 6. The monoisotopic (exact) mass is 269 g/mol. The largest absolute Gasteiger partial charge is 0.352 e. The van der Waals surface area contributed by atoms with Gasteiger partial charge in [0.15, 0.2) is 0 Å². The Balaban J connectivity index is 2.24. The Morgan fingerprint density at radius 3 is 2.90 bits per heavy atom. The van der Waals surface area contributed by atoms with Crippen molar-refractivity contribution in [2.45, 2.75) is 19.9 Å². The minimum absolute atomic E-state index is 0.160. The molecule has 20 heavy (non-hydrogen) atoms. The number of hydrogen-bond acceptors (Lipinski definition) is 2. The highest BCUT2D eigenvalue weighted by Gasteiger charge is 2.10. The summed E-state index contributed by atoms with van der Waals surface area (Å²) < 4.78 is 2.15. The number of carbonyl (C=O) groups is 1. The number of nitrogens with one attached hydrogen (secondary N) is 1. The predicted molar refractivity (Wildman–Crippen MR) is 81.5 cm³/mol. The molecule has 0 unspecified atom stereocenters. The molecule has 0 aliphatic rings. The van der Waals surface area contributed by atoms with Crippen LogP contribution in [-0.4, -0.2) is 22.0 Å². The van der Waals surface area contributed by atoms with E-state index in [9.17, 15) is 4.79 Å². The minimum atomic E-state index is -0.160. The summed E-state index contributed by atoms with van der Waals surface area (Å²) in [5.41, 5.74) is 3.14. The molecule has 1 N–H and O–H groups in total. The average molecular weight is 269 g/mol. The van der Waals surface area contributed by atoms with Crippen LogP contribution in [0.2, 0.25) is 0 Å². The Morgan fingerprint density at radius 2 is 2.20 bits per heavy atom. The van der Waals surface area contributed by atoms with E-state index in [4.69, 9.17) is 0 Å². The van der Waals surface area contributed by atoms with Gasteiger partial charge in [0.05, 0.1) is 11.0 Å². The molecule has 0 aliphatic heterocycles. The van der Waals surface area contributed by atoms with Gasteiger partial charge in [-0.05, 0) is 25.1 Å². The van der Waals surface area contributed by atoms with Crippen LogP contribution in [0.5, 0.6) is 0 Å². The normalized spacial score (nSPS) is 10.4. The molecule has 0 saturated heterocycles. The van der Waals surface area contributed by atoms with Crippen LogP contribution < -0.4 is 5.32 Å². The zero-order chi connectivity index (χ0) is 14.5. The van der Waals surface area contributed by atoms with E-state index in [1.165, 1.54) is 6.08 Å². The van der Waals surface area contributed by atoms with E-state index in [1.54, 1.807) is 0 Å². The summed E-state index contributed by atoms with van der Waals surface area (Å²) >= 11 is 0. The molecule has 0 saturated carbocycles. The topological polar surface area (TPSA) is 46.9 Å². The number of allylic oxidation sites excluding steroid dienone is 1. The molecule has 0 spiro atoms. The van der Waals surface area contributed by atoms with E-state index in [0.717, 1.165) is 29.0 Å². The average Bonchev–Trinajstić information content (AvgIpc) is 2.76. The third-order valence-corrected chi connectivity index (χ3v) is 2.99. The first-order valence-electron chi connectivity index (χ1n) is 6.60. The van der Waals surface area contributed by atoms with E-state index in [0.29, 0.717) is 13.0 Å². The maximum absolute atomic E-state index is 11.2. The lowest BCUT2D eigenvalue weighted by Gasteiger charge is -2.09. The van der Waals surface area contributed by atoms with Gasteiger partial charge >= 0.3 is 0 Å². The highest BCUT2D eigenvalue weighted by atomic mass is 16.1. The summed E-state index contributed by atoms with van der Waals surface area (Å²) in [5.74, 6) is 0.797. The van der Waals surface area contributed by atoms with Gasteiger partial charge in [-0.3, -0.25) is 4.79 Å². The molecule has 1 amide bonds. The molecular formula is C16H19N3O. The zero-order valence-corrected chi connectivity index (χ0v) is 11.7. The van der Waals surface area contributed by atoms with Crippen molar-refractivity contribution in [3.8, 4) is 0 Å². The first kappa shape index (κ1) is 14.1. The van der Waals surface area contributed by atoms with Crippen molar-refractivity contribution < 1.29 is 4.79 Å². The van der Waals surface area contributed by atoms with E-state index in [1.807, 2.05) is 25.1 Å². The van der Waals surface area contributed by atoms with Gasteiger partial charge in [0, 0.05) is 19.5 Å². The lowest BCUT2D eigenvalue weighted by atomic mass is 10.3. The highest BCUT2D eigenvalue weighted by Crippen LogP contribution is 2.17. The molecule has 1 aromatic carbocycles. The molecule has 0 fully saturated rings. The van der Waals surface area contributed by atoms with Crippen molar-refractivity contribution in [1.82, 2.24) is 14.9 Å². The van der Waals surface area contributed by atoms with Crippen molar-refractivity contribution >= 4 is 16.9 Å². The molecule has 0 radical (unpaired) electrons. The van der Waals surface area contributed by atoms with Gasteiger partial charge in [-0.1, -0.05) is 30.9 Å². The number of benzene rings is 1. The molecule has 2 aromatic rings. The molecule has 0 aliphatic carbocycles. The second-order valence-electron chi connectivity index (χ2n) is 4.81. The van der Waals surface area contributed by atoms with E-state index < -0.39 is 0 Å².